The fourth-order valence-corrected chi connectivity index (χ4v) is 3.32. The van der Waals surface area contributed by atoms with E-state index in [4.69, 9.17) is 4.52 Å². The van der Waals surface area contributed by atoms with Crippen LogP contribution in [0, 0.1) is 0 Å². The number of anilines is 3. The number of thiophene rings is 1. The molecule has 0 aliphatic heterocycles. The lowest BCUT2D eigenvalue weighted by Gasteiger charge is -2.12. The molecule has 2 heterocycles. The number of nitrogens with one attached hydrogen (secondary N) is 2. The van der Waals surface area contributed by atoms with Gasteiger partial charge in [0, 0.05) is 18.5 Å². The van der Waals surface area contributed by atoms with Gasteiger partial charge in [-0.1, -0.05) is 41.6 Å². The summed E-state index contributed by atoms with van der Waals surface area (Å²) in [7, 11) is 0. The predicted octanol–water partition coefficient (Wildman–Crippen LogP) is 5.11. The molecule has 1 amide bonds. The van der Waals surface area contributed by atoms with Gasteiger partial charge in [-0.2, -0.15) is 4.98 Å². The number of rotatable bonds is 7. The highest BCUT2D eigenvalue weighted by atomic mass is 32.1. The maximum absolute atomic E-state index is 12.4. The van der Waals surface area contributed by atoms with E-state index in [-0.39, 0.29) is 12.3 Å². The van der Waals surface area contributed by atoms with Crippen LogP contribution in [-0.2, 0) is 11.2 Å². The number of carbonyl (C=O) groups is 1. The average Bonchev–Trinajstić information content (AvgIpc) is 3.40. The van der Waals surface area contributed by atoms with Gasteiger partial charge < -0.3 is 15.2 Å². The van der Waals surface area contributed by atoms with Crippen LogP contribution in [-0.4, -0.2) is 16.0 Å². The number of aryl methyl sites for hydroxylation is 1. The number of carbonyl (C=O) groups excluding carboxylic acids is 1. The molecule has 0 spiro atoms. The van der Waals surface area contributed by atoms with Gasteiger partial charge in [0.2, 0.25) is 17.6 Å². The third kappa shape index (κ3) is 4.44. The zero-order chi connectivity index (χ0) is 19.2. The Morgan fingerprint density at radius 2 is 1.75 bits per heavy atom. The topological polar surface area (TPSA) is 80.0 Å². The highest BCUT2D eigenvalue weighted by Crippen LogP contribution is 2.25. The molecule has 0 saturated carbocycles. The maximum Gasteiger partial charge on any atom is 0.227 e. The highest BCUT2D eigenvalue weighted by molar-refractivity contribution is 7.13. The second-order valence-electron chi connectivity index (χ2n) is 6.07. The first-order valence-corrected chi connectivity index (χ1v) is 9.73. The standard InChI is InChI=1S/C21H18N4O2S/c26-19(12-13-20-24-21(25-27-20)18-11-6-14-28-18)23-17-10-5-4-9-16(17)22-15-7-2-1-3-8-15/h1-11,14,22H,12-13H2,(H,23,26). The summed E-state index contributed by atoms with van der Waals surface area (Å²) in [6.07, 6.45) is 0.643. The summed E-state index contributed by atoms with van der Waals surface area (Å²) < 4.78 is 5.25. The van der Waals surface area contributed by atoms with Crippen LogP contribution >= 0.6 is 11.3 Å². The van der Waals surface area contributed by atoms with Crippen LogP contribution in [0.4, 0.5) is 17.1 Å². The summed E-state index contributed by atoms with van der Waals surface area (Å²) in [5, 5.41) is 12.2. The first kappa shape index (κ1) is 17.9. The number of para-hydroxylation sites is 3. The minimum Gasteiger partial charge on any atom is -0.354 e. The van der Waals surface area contributed by atoms with Gasteiger partial charge in [-0.15, -0.1) is 11.3 Å². The molecule has 2 aromatic carbocycles. The zero-order valence-electron chi connectivity index (χ0n) is 15.0. The molecule has 2 aromatic heterocycles. The molecule has 2 N–H and O–H groups in total. The normalized spacial score (nSPS) is 10.6. The van der Waals surface area contributed by atoms with Gasteiger partial charge >= 0.3 is 0 Å². The predicted molar refractivity (Wildman–Crippen MR) is 111 cm³/mol. The number of hydrogen-bond donors (Lipinski definition) is 2. The van der Waals surface area contributed by atoms with E-state index in [1.165, 1.54) is 0 Å². The van der Waals surface area contributed by atoms with Crippen molar-refractivity contribution in [3.05, 3.63) is 78.0 Å². The molecule has 0 aliphatic carbocycles. The van der Waals surface area contributed by atoms with Gasteiger partial charge in [0.15, 0.2) is 0 Å². The molecule has 140 valence electrons. The number of amides is 1. The van der Waals surface area contributed by atoms with Gasteiger partial charge in [0.25, 0.3) is 0 Å². The molecule has 0 aliphatic rings. The van der Waals surface area contributed by atoms with Crippen molar-refractivity contribution in [1.29, 1.82) is 0 Å². The molecule has 6 nitrogen and oxygen atoms in total. The largest absolute Gasteiger partial charge is 0.354 e. The number of hydrogen-bond acceptors (Lipinski definition) is 6. The lowest BCUT2D eigenvalue weighted by atomic mass is 10.2. The van der Waals surface area contributed by atoms with E-state index in [0.717, 1.165) is 21.9 Å². The molecule has 4 rings (SSSR count). The first-order valence-electron chi connectivity index (χ1n) is 8.85. The van der Waals surface area contributed by atoms with E-state index in [1.54, 1.807) is 11.3 Å². The molecule has 28 heavy (non-hydrogen) atoms. The van der Waals surface area contributed by atoms with E-state index >= 15 is 0 Å². The Morgan fingerprint density at radius 1 is 0.964 bits per heavy atom. The summed E-state index contributed by atoms with van der Waals surface area (Å²) in [5.41, 5.74) is 2.51. The van der Waals surface area contributed by atoms with Crippen molar-refractivity contribution in [2.24, 2.45) is 0 Å². The fourth-order valence-electron chi connectivity index (χ4n) is 2.67. The van der Waals surface area contributed by atoms with Crippen LogP contribution in [0.15, 0.2) is 76.6 Å². The lowest BCUT2D eigenvalue weighted by Crippen LogP contribution is -2.13. The van der Waals surface area contributed by atoms with Crippen LogP contribution in [0.3, 0.4) is 0 Å². The van der Waals surface area contributed by atoms with E-state index in [0.29, 0.717) is 18.1 Å². The van der Waals surface area contributed by atoms with E-state index < -0.39 is 0 Å². The van der Waals surface area contributed by atoms with Crippen molar-refractivity contribution < 1.29 is 9.32 Å². The van der Waals surface area contributed by atoms with Crippen LogP contribution < -0.4 is 10.6 Å². The Hall–Kier alpha value is -3.45. The van der Waals surface area contributed by atoms with Gasteiger partial charge in [0.05, 0.1) is 16.3 Å². The third-order valence-electron chi connectivity index (χ3n) is 4.03. The molecule has 0 saturated heterocycles. The summed E-state index contributed by atoms with van der Waals surface area (Å²) in [6, 6.07) is 21.3. The quantitative estimate of drug-likeness (QED) is 0.458. The second-order valence-corrected chi connectivity index (χ2v) is 7.02. The van der Waals surface area contributed by atoms with Crippen molar-refractivity contribution in [2.45, 2.75) is 12.8 Å². The van der Waals surface area contributed by atoms with Gasteiger partial charge in [0.1, 0.15) is 0 Å². The third-order valence-corrected chi connectivity index (χ3v) is 4.90. The first-order chi connectivity index (χ1) is 13.8. The SMILES string of the molecule is O=C(CCc1nc(-c2cccs2)no1)Nc1ccccc1Nc1ccccc1. The van der Waals surface area contributed by atoms with Crippen LogP contribution in [0.2, 0.25) is 0 Å². The summed E-state index contributed by atoms with van der Waals surface area (Å²) in [6.45, 7) is 0. The minimum absolute atomic E-state index is 0.113. The van der Waals surface area contributed by atoms with Gasteiger partial charge in [-0.3, -0.25) is 4.79 Å². The van der Waals surface area contributed by atoms with Crippen LogP contribution in [0.1, 0.15) is 12.3 Å². The Labute approximate surface area is 166 Å². The van der Waals surface area contributed by atoms with Crippen molar-refractivity contribution in [2.75, 3.05) is 10.6 Å². The molecule has 0 unspecified atom stereocenters. The number of benzene rings is 2. The number of nitrogens with zero attached hydrogens (tertiary/aromatic N) is 2. The summed E-state index contributed by atoms with van der Waals surface area (Å²) >= 11 is 1.55. The molecule has 7 heteroatoms. The molecule has 0 radical (unpaired) electrons. The molecular formula is C21H18N4O2S. The maximum atomic E-state index is 12.4. The molecule has 0 atom stereocenters. The molecular weight excluding hydrogens is 372 g/mol. The second kappa shape index (κ2) is 8.49. The van der Waals surface area contributed by atoms with Gasteiger partial charge in [-0.05, 0) is 35.7 Å². The van der Waals surface area contributed by atoms with Crippen LogP contribution in [0.5, 0.6) is 0 Å². The van der Waals surface area contributed by atoms with Crippen molar-refractivity contribution >= 4 is 34.3 Å². The Balaban J connectivity index is 1.36. The summed E-state index contributed by atoms with van der Waals surface area (Å²) in [4.78, 5) is 17.7. The Kier molecular flexibility index (Phi) is 5.44. The van der Waals surface area contributed by atoms with E-state index in [1.807, 2.05) is 72.1 Å². The summed E-state index contributed by atoms with van der Waals surface area (Å²) in [5.74, 6) is 0.898. The van der Waals surface area contributed by atoms with Crippen molar-refractivity contribution in [3.8, 4) is 10.7 Å². The minimum atomic E-state index is -0.113. The fraction of sp³-hybridized carbons (Fsp3) is 0.0952. The number of aromatic nitrogens is 2. The molecule has 4 aromatic rings. The van der Waals surface area contributed by atoms with Crippen molar-refractivity contribution in [3.63, 3.8) is 0 Å². The van der Waals surface area contributed by atoms with Crippen molar-refractivity contribution in [1.82, 2.24) is 10.1 Å². The average molecular weight is 390 g/mol. The Bertz CT molecular complexity index is 1050. The highest BCUT2D eigenvalue weighted by Gasteiger charge is 2.12. The molecule has 0 fully saturated rings. The van der Waals surface area contributed by atoms with Crippen LogP contribution in [0.25, 0.3) is 10.7 Å². The van der Waals surface area contributed by atoms with Gasteiger partial charge in [-0.25, -0.2) is 0 Å². The zero-order valence-corrected chi connectivity index (χ0v) is 15.8. The smallest absolute Gasteiger partial charge is 0.227 e. The monoisotopic (exact) mass is 390 g/mol. The van der Waals surface area contributed by atoms with E-state index in [9.17, 15) is 4.79 Å². The Morgan fingerprint density at radius 3 is 2.54 bits per heavy atom. The van der Waals surface area contributed by atoms with E-state index in [2.05, 4.69) is 20.8 Å². The molecule has 0 bridgehead atoms. The lowest BCUT2D eigenvalue weighted by molar-refractivity contribution is -0.116.